The van der Waals surface area contributed by atoms with Gasteiger partial charge in [0.2, 0.25) is 0 Å². The number of nitrogens with zero attached hydrogens (tertiary/aromatic N) is 1. The highest BCUT2D eigenvalue weighted by molar-refractivity contribution is 7.85. The van der Waals surface area contributed by atoms with Gasteiger partial charge in [0.1, 0.15) is 12.0 Å². The summed E-state index contributed by atoms with van der Waals surface area (Å²) in [6, 6.07) is 19.1. The number of hydrogen-bond acceptors (Lipinski definition) is 4. The maximum atomic E-state index is 11.1. The summed E-state index contributed by atoms with van der Waals surface area (Å²) in [6.07, 6.45) is -0.334. The molecule has 0 aliphatic carbocycles. The quantitative estimate of drug-likeness (QED) is 0.593. The van der Waals surface area contributed by atoms with E-state index in [1.807, 2.05) is 72.5 Å². The normalized spacial score (nSPS) is 13.0. The minimum absolute atomic E-state index is 0.182. The standard InChI is InChI=1S/C17H21NO4S/c1-15(22-17-10-6-3-7-11-17)18(12-13-23(19,20)21)14-16-8-4-2-5-9-16/h2-11,15H,12-14H2,1H3,(H,19,20,21). The first-order valence-corrected chi connectivity index (χ1v) is 9.00. The SMILES string of the molecule is CC(Oc1ccccc1)N(CCS(=O)(=O)O)Cc1ccccc1. The average Bonchev–Trinajstić information content (AvgIpc) is 2.52. The van der Waals surface area contributed by atoms with E-state index in [2.05, 4.69) is 0 Å². The van der Waals surface area contributed by atoms with Crippen LogP contribution in [-0.2, 0) is 16.7 Å². The van der Waals surface area contributed by atoms with E-state index >= 15 is 0 Å². The van der Waals surface area contributed by atoms with Crippen molar-refractivity contribution in [2.45, 2.75) is 19.7 Å². The van der Waals surface area contributed by atoms with Crippen LogP contribution in [0.15, 0.2) is 60.7 Å². The van der Waals surface area contributed by atoms with E-state index in [0.717, 1.165) is 5.56 Å². The fourth-order valence-electron chi connectivity index (χ4n) is 2.21. The molecule has 0 bridgehead atoms. The highest BCUT2D eigenvalue weighted by atomic mass is 32.2. The Bertz CT molecular complexity index is 689. The summed E-state index contributed by atoms with van der Waals surface area (Å²) in [4.78, 5) is 1.87. The van der Waals surface area contributed by atoms with Crippen LogP contribution in [0, 0.1) is 0 Å². The number of rotatable bonds is 8. The molecule has 124 valence electrons. The summed E-state index contributed by atoms with van der Waals surface area (Å²) in [7, 11) is -4.02. The van der Waals surface area contributed by atoms with Gasteiger partial charge in [0.05, 0.1) is 5.75 Å². The molecule has 0 aromatic heterocycles. The summed E-state index contributed by atoms with van der Waals surface area (Å²) in [5.41, 5.74) is 1.05. The van der Waals surface area contributed by atoms with Crippen LogP contribution in [0.5, 0.6) is 5.75 Å². The predicted octanol–water partition coefficient (Wildman–Crippen LogP) is 2.80. The average molecular weight is 335 g/mol. The first-order valence-electron chi connectivity index (χ1n) is 7.39. The molecule has 0 saturated heterocycles. The Kier molecular flexibility index (Phi) is 6.15. The molecule has 2 aromatic carbocycles. The van der Waals surface area contributed by atoms with Gasteiger partial charge in [-0.05, 0) is 24.6 Å². The van der Waals surface area contributed by atoms with Crippen LogP contribution in [0.25, 0.3) is 0 Å². The van der Waals surface area contributed by atoms with Crippen molar-refractivity contribution < 1.29 is 17.7 Å². The number of benzene rings is 2. The molecular weight excluding hydrogens is 314 g/mol. The molecule has 0 aliphatic rings. The molecule has 0 heterocycles. The highest BCUT2D eigenvalue weighted by Gasteiger charge is 2.18. The zero-order chi connectivity index (χ0) is 16.7. The van der Waals surface area contributed by atoms with E-state index in [1.54, 1.807) is 0 Å². The van der Waals surface area contributed by atoms with Gasteiger partial charge in [-0.15, -0.1) is 0 Å². The summed E-state index contributed by atoms with van der Waals surface area (Å²) in [5, 5.41) is 0. The van der Waals surface area contributed by atoms with E-state index < -0.39 is 10.1 Å². The molecular formula is C17H21NO4S. The largest absolute Gasteiger partial charge is 0.475 e. The fourth-order valence-corrected chi connectivity index (χ4v) is 2.68. The smallest absolute Gasteiger partial charge is 0.266 e. The second kappa shape index (κ2) is 8.10. The minimum atomic E-state index is -4.02. The number of para-hydroxylation sites is 1. The third kappa shape index (κ3) is 6.40. The zero-order valence-corrected chi connectivity index (χ0v) is 13.8. The monoisotopic (exact) mass is 335 g/mol. The first-order chi connectivity index (χ1) is 10.9. The molecule has 1 unspecified atom stereocenters. The topological polar surface area (TPSA) is 66.8 Å². The summed E-state index contributed by atoms with van der Waals surface area (Å²) < 4.78 is 37.0. The summed E-state index contributed by atoms with van der Waals surface area (Å²) >= 11 is 0. The Labute approximate surface area is 137 Å². The first kappa shape index (κ1) is 17.5. The molecule has 6 heteroatoms. The number of ether oxygens (including phenoxy) is 1. The lowest BCUT2D eigenvalue weighted by Crippen LogP contribution is -2.39. The van der Waals surface area contributed by atoms with Crippen LogP contribution < -0.4 is 4.74 Å². The molecule has 0 spiro atoms. The Morgan fingerprint density at radius 2 is 1.61 bits per heavy atom. The maximum Gasteiger partial charge on any atom is 0.266 e. The van der Waals surface area contributed by atoms with Crippen LogP contribution in [0.2, 0.25) is 0 Å². The summed E-state index contributed by atoms with van der Waals surface area (Å²) in [5.74, 6) is 0.382. The predicted molar refractivity (Wildman–Crippen MR) is 89.8 cm³/mol. The van der Waals surface area contributed by atoms with Crippen molar-refractivity contribution in [3.63, 3.8) is 0 Å². The van der Waals surface area contributed by atoms with Gasteiger partial charge in [-0.2, -0.15) is 8.42 Å². The van der Waals surface area contributed by atoms with Crippen LogP contribution in [0.4, 0.5) is 0 Å². The number of hydrogen-bond donors (Lipinski definition) is 1. The molecule has 5 nitrogen and oxygen atoms in total. The molecule has 23 heavy (non-hydrogen) atoms. The lowest BCUT2D eigenvalue weighted by atomic mass is 10.2. The zero-order valence-electron chi connectivity index (χ0n) is 13.0. The van der Waals surface area contributed by atoms with Crippen molar-refractivity contribution in [1.29, 1.82) is 0 Å². The van der Waals surface area contributed by atoms with Crippen molar-refractivity contribution in [3.8, 4) is 5.75 Å². The van der Waals surface area contributed by atoms with E-state index in [1.165, 1.54) is 0 Å². The lowest BCUT2D eigenvalue weighted by Gasteiger charge is -2.29. The van der Waals surface area contributed by atoms with Crippen molar-refractivity contribution in [2.75, 3.05) is 12.3 Å². The second-order valence-electron chi connectivity index (χ2n) is 5.27. The Balaban J connectivity index is 2.08. The van der Waals surface area contributed by atoms with Crippen LogP contribution in [-0.4, -0.2) is 36.4 Å². The van der Waals surface area contributed by atoms with E-state index in [9.17, 15) is 8.42 Å². The van der Waals surface area contributed by atoms with Gasteiger partial charge in [-0.3, -0.25) is 9.45 Å². The van der Waals surface area contributed by atoms with Crippen molar-refractivity contribution >= 4 is 10.1 Å². The third-order valence-electron chi connectivity index (χ3n) is 3.43. The van der Waals surface area contributed by atoms with Gasteiger partial charge in [0.15, 0.2) is 0 Å². The lowest BCUT2D eigenvalue weighted by molar-refractivity contribution is 0.0379. The van der Waals surface area contributed by atoms with Crippen molar-refractivity contribution in [3.05, 3.63) is 66.2 Å². The molecule has 1 N–H and O–H groups in total. The van der Waals surface area contributed by atoms with Gasteiger partial charge >= 0.3 is 0 Å². The molecule has 2 rings (SSSR count). The van der Waals surface area contributed by atoms with E-state index in [-0.39, 0.29) is 18.5 Å². The Morgan fingerprint density at radius 1 is 1.04 bits per heavy atom. The van der Waals surface area contributed by atoms with Gasteiger partial charge in [-0.25, -0.2) is 0 Å². The van der Waals surface area contributed by atoms with E-state index in [4.69, 9.17) is 9.29 Å². The van der Waals surface area contributed by atoms with Crippen molar-refractivity contribution in [2.24, 2.45) is 0 Å². The molecule has 0 amide bonds. The molecule has 0 aliphatic heterocycles. The molecule has 1 atom stereocenters. The Hall–Kier alpha value is -1.89. The van der Waals surface area contributed by atoms with E-state index in [0.29, 0.717) is 12.3 Å². The van der Waals surface area contributed by atoms with Crippen LogP contribution >= 0.6 is 0 Å². The summed E-state index contributed by atoms with van der Waals surface area (Å²) in [6.45, 7) is 2.58. The van der Waals surface area contributed by atoms with Gasteiger partial charge in [0.25, 0.3) is 10.1 Å². The van der Waals surface area contributed by atoms with Gasteiger partial charge < -0.3 is 4.74 Å². The molecule has 0 radical (unpaired) electrons. The second-order valence-corrected chi connectivity index (χ2v) is 6.84. The van der Waals surface area contributed by atoms with Crippen molar-refractivity contribution in [1.82, 2.24) is 4.90 Å². The van der Waals surface area contributed by atoms with Crippen LogP contribution in [0.3, 0.4) is 0 Å². The molecule has 2 aromatic rings. The maximum absolute atomic E-state index is 11.1. The molecule has 0 saturated carbocycles. The Morgan fingerprint density at radius 3 is 2.17 bits per heavy atom. The minimum Gasteiger partial charge on any atom is -0.475 e. The highest BCUT2D eigenvalue weighted by Crippen LogP contribution is 2.15. The van der Waals surface area contributed by atoms with Crippen LogP contribution in [0.1, 0.15) is 12.5 Å². The van der Waals surface area contributed by atoms with Gasteiger partial charge in [-0.1, -0.05) is 48.5 Å². The van der Waals surface area contributed by atoms with Gasteiger partial charge in [0, 0.05) is 13.1 Å². The molecule has 0 fully saturated rings. The third-order valence-corrected chi connectivity index (χ3v) is 4.13. The fraction of sp³-hybridized carbons (Fsp3) is 0.294.